The lowest BCUT2D eigenvalue weighted by Crippen LogP contribution is -2.12. The summed E-state index contributed by atoms with van der Waals surface area (Å²) >= 11 is 0. The van der Waals surface area contributed by atoms with Crippen LogP contribution in [0, 0.1) is 13.8 Å². The summed E-state index contributed by atoms with van der Waals surface area (Å²) in [7, 11) is -0.670. The van der Waals surface area contributed by atoms with E-state index in [4.69, 9.17) is 0 Å². The number of hydrogen-bond donors (Lipinski definition) is 0. The van der Waals surface area contributed by atoms with E-state index in [0.29, 0.717) is 0 Å². The van der Waals surface area contributed by atoms with Crippen LogP contribution in [0.4, 0.5) is 0 Å². The fourth-order valence-electron chi connectivity index (χ4n) is 3.40. The molecule has 142 valence electrons. The first-order valence-corrected chi connectivity index (χ1v) is 11.3. The van der Waals surface area contributed by atoms with Crippen molar-refractivity contribution < 1.29 is 0 Å². The molecule has 4 rings (SSSR count). The lowest BCUT2D eigenvalue weighted by atomic mass is 10.1. The summed E-state index contributed by atoms with van der Waals surface area (Å²) in [6.45, 7) is 4.28. The molecule has 0 radical (unpaired) electrons. The van der Waals surface area contributed by atoms with Crippen molar-refractivity contribution in [3.05, 3.63) is 131 Å². The van der Waals surface area contributed by atoms with Crippen molar-refractivity contribution in [1.29, 1.82) is 0 Å². The van der Waals surface area contributed by atoms with E-state index in [0.717, 1.165) is 0 Å². The highest BCUT2D eigenvalue weighted by atomic mass is 31.1. The molecule has 0 heterocycles. The van der Waals surface area contributed by atoms with Gasteiger partial charge >= 0.3 is 0 Å². The second-order valence-electron chi connectivity index (χ2n) is 7.31. The first-order chi connectivity index (χ1) is 14.2. The summed E-state index contributed by atoms with van der Waals surface area (Å²) < 4.78 is 0. The minimum atomic E-state index is -0.670. The third kappa shape index (κ3) is 4.73. The second kappa shape index (κ2) is 9.03. The van der Waals surface area contributed by atoms with Crippen molar-refractivity contribution in [2.45, 2.75) is 13.8 Å². The topological polar surface area (TPSA) is 0 Å². The van der Waals surface area contributed by atoms with Crippen LogP contribution in [0.5, 0.6) is 0 Å². The first kappa shape index (κ1) is 19.4. The molecule has 4 aromatic carbocycles. The Bertz CT molecular complexity index is 1040. The summed E-state index contributed by atoms with van der Waals surface area (Å²) in [4.78, 5) is 0. The van der Waals surface area contributed by atoms with Gasteiger partial charge in [0.2, 0.25) is 0 Å². The molecule has 0 aliphatic heterocycles. The Labute approximate surface area is 175 Å². The van der Waals surface area contributed by atoms with Crippen LogP contribution in [-0.2, 0) is 0 Å². The molecule has 0 aliphatic carbocycles. The normalized spacial score (nSPS) is 11.6. The number of rotatable bonds is 5. The molecular weight excluding hydrogens is 367 g/mol. The van der Waals surface area contributed by atoms with Crippen molar-refractivity contribution in [3.8, 4) is 0 Å². The van der Waals surface area contributed by atoms with E-state index in [2.05, 4.69) is 129 Å². The van der Waals surface area contributed by atoms with Crippen LogP contribution in [-0.4, -0.2) is 0 Å². The Hall–Kier alpha value is -2.95. The van der Waals surface area contributed by atoms with Gasteiger partial charge < -0.3 is 0 Å². The average molecular weight is 392 g/mol. The van der Waals surface area contributed by atoms with Crippen LogP contribution in [0.15, 0.2) is 109 Å². The maximum absolute atomic E-state index is 2.37. The number of benzene rings is 4. The van der Waals surface area contributed by atoms with Gasteiger partial charge in [0.25, 0.3) is 0 Å². The van der Waals surface area contributed by atoms with Crippen molar-refractivity contribution >= 4 is 29.9 Å². The smallest absolute Gasteiger partial charge is 0.00727 e. The van der Waals surface area contributed by atoms with E-state index in [9.17, 15) is 0 Å². The SMILES string of the molecule is Cc1ccc(/C=C(\c2ccc(C)cc2)P(c2ccccc2)c2ccccc2)cc1. The first-order valence-electron chi connectivity index (χ1n) is 9.96. The predicted octanol–water partition coefficient (Wildman–Crippen LogP) is 6.93. The zero-order valence-corrected chi connectivity index (χ0v) is 17.8. The number of aryl methyl sites for hydroxylation is 2. The van der Waals surface area contributed by atoms with Crippen LogP contribution in [0.25, 0.3) is 11.4 Å². The Morgan fingerprint density at radius 3 is 1.48 bits per heavy atom. The molecule has 0 fully saturated rings. The van der Waals surface area contributed by atoms with Crippen LogP contribution in [0.2, 0.25) is 0 Å². The maximum Gasteiger partial charge on any atom is -0.00727 e. The van der Waals surface area contributed by atoms with Crippen LogP contribution >= 0.6 is 7.92 Å². The van der Waals surface area contributed by atoms with Crippen LogP contribution in [0.1, 0.15) is 22.3 Å². The molecule has 4 aromatic rings. The van der Waals surface area contributed by atoms with Gasteiger partial charge in [-0.25, -0.2) is 0 Å². The van der Waals surface area contributed by atoms with E-state index in [1.54, 1.807) is 0 Å². The molecule has 0 spiro atoms. The van der Waals surface area contributed by atoms with Crippen LogP contribution < -0.4 is 10.6 Å². The summed E-state index contributed by atoms with van der Waals surface area (Å²) in [6.07, 6.45) is 2.37. The average Bonchev–Trinajstić information content (AvgIpc) is 2.77. The molecule has 0 aromatic heterocycles. The zero-order chi connectivity index (χ0) is 20.1. The summed E-state index contributed by atoms with van der Waals surface area (Å²) in [5.41, 5.74) is 5.10. The Kier molecular flexibility index (Phi) is 6.03. The molecule has 0 unspecified atom stereocenters. The van der Waals surface area contributed by atoms with Gasteiger partial charge in [0, 0.05) is 0 Å². The van der Waals surface area contributed by atoms with Gasteiger partial charge in [-0.15, -0.1) is 0 Å². The monoisotopic (exact) mass is 392 g/mol. The van der Waals surface area contributed by atoms with Gasteiger partial charge in [-0.05, 0) is 54.9 Å². The molecule has 0 N–H and O–H groups in total. The zero-order valence-electron chi connectivity index (χ0n) is 16.9. The van der Waals surface area contributed by atoms with Crippen molar-refractivity contribution in [1.82, 2.24) is 0 Å². The molecule has 29 heavy (non-hydrogen) atoms. The van der Waals surface area contributed by atoms with Gasteiger partial charge in [-0.1, -0.05) is 120 Å². The van der Waals surface area contributed by atoms with E-state index in [1.165, 1.54) is 38.2 Å². The molecule has 0 nitrogen and oxygen atoms in total. The third-order valence-corrected chi connectivity index (χ3v) is 7.50. The maximum atomic E-state index is 2.37. The Balaban J connectivity index is 1.93. The summed E-state index contributed by atoms with van der Waals surface area (Å²) in [6, 6.07) is 39.6. The van der Waals surface area contributed by atoms with E-state index >= 15 is 0 Å². The molecule has 0 saturated heterocycles. The van der Waals surface area contributed by atoms with E-state index in [1.807, 2.05) is 0 Å². The van der Waals surface area contributed by atoms with Gasteiger partial charge in [-0.3, -0.25) is 0 Å². The lowest BCUT2D eigenvalue weighted by molar-refractivity contribution is 1.46. The molecule has 0 bridgehead atoms. The van der Waals surface area contributed by atoms with Gasteiger partial charge in [0.15, 0.2) is 0 Å². The molecule has 1 heteroatoms. The van der Waals surface area contributed by atoms with Crippen molar-refractivity contribution in [2.24, 2.45) is 0 Å². The molecule has 0 amide bonds. The van der Waals surface area contributed by atoms with Gasteiger partial charge in [0.1, 0.15) is 0 Å². The van der Waals surface area contributed by atoms with Gasteiger partial charge in [-0.2, -0.15) is 0 Å². The Morgan fingerprint density at radius 1 is 0.552 bits per heavy atom. The molecular formula is C28H25P. The summed E-state index contributed by atoms with van der Waals surface area (Å²) in [5, 5.41) is 4.11. The quantitative estimate of drug-likeness (QED) is 0.255. The van der Waals surface area contributed by atoms with Crippen molar-refractivity contribution in [3.63, 3.8) is 0 Å². The molecule has 0 saturated carbocycles. The highest BCUT2D eigenvalue weighted by Crippen LogP contribution is 2.49. The van der Waals surface area contributed by atoms with E-state index < -0.39 is 7.92 Å². The molecule has 0 atom stereocenters. The molecule has 0 aliphatic rings. The highest BCUT2D eigenvalue weighted by Gasteiger charge is 2.20. The largest absolute Gasteiger partial charge is 0.0622 e. The van der Waals surface area contributed by atoms with Gasteiger partial charge in [0.05, 0.1) is 0 Å². The number of hydrogen-bond acceptors (Lipinski definition) is 0. The minimum Gasteiger partial charge on any atom is -0.0622 e. The lowest BCUT2D eigenvalue weighted by Gasteiger charge is -2.23. The fourth-order valence-corrected chi connectivity index (χ4v) is 5.88. The third-order valence-electron chi connectivity index (χ3n) is 5.00. The highest BCUT2D eigenvalue weighted by molar-refractivity contribution is 7.82. The van der Waals surface area contributed by atoms with Crippen molar-refractivity contribution in [2.75, 3.05) is 0 Å². The van der Waals surface area contributed by atoms with E-state index in [-0.39, 0.29) is 0 Å². The summed E-state index contributed by atoms with van der Waals surface area (Å²) in [5.74, 6) is 0. The minimum absolute atomic E-state index is 0.670. The van der Waals surface area contributed by atoms with Crippen LogP contribution in [0.3, 0.4) is 0 Å². The second-order valence-corrected chi connectivity index (χ2v) is 9.50. The fraction of sp³-hybridized carbons (Fsp3) is 0.0714. The standard InChI is InChI=1S/C28H25P/c1-22-13-17-24(18-14-22)21-28(25-19-15-23(2)16-20-25)29(26-9-5-3-6-10-26)27-11-7-4-8-12-27/h3-21H,1-2H3/b28-21+. The Morgan fingerprint density at radius 2 is 1.00 bits per heavy atom. The predicted molar refractivity (Wildman–Crippen MR) is 129 cm³/mol.